The predicted octanol–water partition coefficient (Wildman–Crippen LogP) is 1.98. The van der Waals surface area contributed by atoms with Crippen LogP contribution in [-0.4, -0.2) is 23.1 Å². The SMILES string of the molecule is O=c1[nH]nc(-c2ccc(OC(F)(F)F)cc2)c2c1CNCC2. The number of ether oxygens (including phenoxy) is 1. The monoisotopic (exact) mass is 311 g/mol. The second-order valence-electron chi connectivity index (χ2n) is 4.86. The fourth-order valence-electron chi connectivity index (χ4n) is 2.46. The summed E-state index contributed by atoms with van der Waals surface area (Å²) in [5.41, 5.74) is 2.40. The maximum Gasteiger partial charge on any atom is 0.573 e. The van der Waals surface area contributed by atoms with Crippen molar-refractivity contribution in [3.63, 3.8) is 0 Å². The highest BCUT2D eigenvalue weighted by Crippen LogP contribution is 2.28. The van der Waals surface area contributed by atoms with Gasteiger partial charge in [0.1, 0.15) is 5.75 Å². The van der Waals surface area contributed by atoms with E-state index in [1.54, 1.807) is 0 Å². The van der Waals surface area contributed by atoms with Gasteiger partial charge < -0.3 is 10.1 Å². The summed E-state index contributed by atoms with van der Waals surface area (Å²) in [7, 11) is 0. The van der Waals surface area contributed by atoms with Crippen molar-refractivity contribution in [3.8, 4) is 17.0 Å². The first-order valence-corrected chi connectivity index (χ1v) is 6.61. The zero-order chi connectivity index (χ0) is 15.7. The Bertz CT molecular complexity index is 738. The molecule has 5 nitrogen and oxygen atoms in total. The molecular formula is C14H12F3N3O2. The molecular weight excluding hydrogens is 299 g/mol. The van der Waals surface area contributed by atoms with Gasteiger partial charge in [0.25, 0.3) is 5.56 Å². The van der Waals surface area contributed by atoms with E-state index in [1.807, 2.05) is 0 Å². The number of alkyl halides is 3. The van der Waals surface area contributed by atoms with E-state index in [9.17, 15) is 18.0 Å². The average Bonchev–Trinajstić information content (AvgIpc) is 2.48. The first kappa shape index (κ1) is 14.6. The van der Waals surface area contributed by atoms with Gasteiger partial charge in [-0.3, -0.25) is 4.79 Å². The van der Waals surface area contributed by atoms with Crippen LogP contribution in [0.15, 0.2) is 29.1 Å². The van der Waals surface area contributed by atoms with Gasteiger partial charge in [0.05, 0.1) is 5.69 Å². The van der Waals surface area contributed by atoms with Gasteiger partial charge in [0.2, 0.25) is 0 Å². The molecule has 0 bridgehead atoms. The fourth-order valence-corrected chi connectivity index (χ4v) is 2.46. The molecule has 2 N–H and O–H groups in total. The number of hydrogen-bond acceptors (Lipinski definition) is 4. The predicted molar refractivity (Wildman–Crippen MR) is 72.4 cm³/mol. The second kappa shape index (κ2) is 5.45. The lowest BCUT2D eigenvalue weighted by Crippen LogP contribution is -2.31. The summed E-state index contributed by atoms with van der Waals surface area (Å²) in [6.07, 6.45) is -4.08. The van der Waals surface area contributed by atoms with Crippen LogP contribution in [0.5, 0.6) is 5.75 Å². The number of halogens is 3. The molecule has 1 aromatic carbocycles. The molecule has 0 atom stereocenters. The minimum Gasteiger partial charge on any atom is -0.406 e. The van der Waals surface area contributed by atoms with Crippen LogP contribution in [-0.2, 0) is 13.0 Å². The standard InChI is InChI=1S/C14H12F3N3O2/c15-14(16,17)22-9-3-1-8(2-4-9)12-10-5-6-18-7-11(10)13(21)20-19-12/h1-4,18H,5-7H2,(H,20,21). The maximum absolute atomic E-state index is 12.2. The first-order chi connectivity index (χ1) is 10.4. The summed E-state index contributed by atoms with van der Waals surface area (Å²) in [6, 6.07) is 5.43. The van der Waals surface area contributed by atoms with Crippen molar-refractivity contribution in [1.82, 2.24) is 15.5 Å². The van der Waals surface area contributed by atoms with E-state index in [-0.39, 0.29) is 11.3 Å². The largest absolute Gasteiger partial charge is 0.573 e. The third-order valence-corrected chi connectivity index (χ3v) is 3.41. The Labute approximate surface area is 123 Å². The average molecular weight is 311 g/mol. The number of aromatic nitrogens is 2. The molecule has 0 fully saturated rings. The normalized spacial score (nSPS) is 14.5. The summed E-state index contributed by atoms with van der Waals surface area (Å²) in [5.74, 6) is -0.295. The molecule has 22 heavy (non-hydrogen) atoms. The van der Waals surface area contributed by atoms with E-state index in [1.165, 1.54) is 24.3 Å². The molecule has 3 rings (SSSR count). The van der Waals surface area contributed by atoms with Crippen molar-refractivity contribution in [3.05, 3.63) is 45.7 Å². The molecule has 0 radical (unpaired) electrons. The molecule has 2 heterocycles. The van der Waals surface area contributed by atoms with Gasteiger partial charge in [-0.05, 0) is 42.8 Å². The van der Waals surface area contributed by atoms with Crippen LogP contribution in [0.1, 0.15) is 11.1 Å². The molecule has 1 aliphatic rings. The summed E-state index contributed by atoms with van der Waals surface area (Å²) in [5, 5.41) is 9.56. The number of nitrogens with zero attached hydrogens (tertiary/aromatic N) is 1. The molecule has 0 saturated heterocycles. The van der Waals surface area contributed by atoms with Crippen LogP contribution < -0.4 is 15.6 Å². The fraction of sp³-hybridized carbons (Fsp3) is 0.286. The van der Waals surface area contributed by atoms with E-state index in [0.29, 0.717) is 29.8 Å². The second-order valence-corrected chi connectivity index (χ2v) is 4.86. The summed E-state index contributed by atoms with van der Waals surface area (Å²) < 4.78 is 40.3. The van der Waals surface area contributed by atoms with Crippen molar-refractivity contribution < 1.29 is 17.9 Å². The maximum atomic E-state index is 12.2. The highest BCUT2D eigenvalue weighted by atomic mass is 19.4. The zero-order valence-electron chi connectivity index (χ0n) is 11.3. The third kappa shape index (κ3) is 2.96. The minimum atomic E-state index is -4.72. The molecule has 2 aromatic rings. The molecule has 0 spiro atoms. The number of aromatic amines is 1. The van der Waals surface area contributed by atoms with Gasteiger partial charge in [-0.15, -0.1) is 13.2 Å². The van der Waals surface area contributed by atoms with Crippen LogP contribution in [0.4, 0.5) is 13.2 Å². The topological polar surface area (TPSA) is 67.0 Å². The van der Waals surface area contributed by atoms with Gasteiger partial charge >= 0.3 is 6.36 Å². The number of rotatable bonds is 2. The number of hydrogen-bond donors (Lipinski definition) is 2. The van der Waals surface area contributed by atoms with Crippen molar-refractivity contribution in [1.29, 1.82) is 0 Å². The quantitative estimate of drug-likeness (QED) is 0.890. The molecule has 0 unspecified atom stereocenters. The molecule has 8 heteroatoms. The number of nitrogens with one attached hydrogen (secondary N) is 2. The highest BCUT2D eigenvalue weighted by molar-refractivity contribution is 5.65. The van der Waals surface area contributed by atoms with Crippen molar-refractivity contribution >= 4 is 0 Å². The minimum absolute atomic E-state index is 0.247. The highest BCUT2D eigenvalue weighted by Gasteiger charge is 2.31. The van der Waals surface area contributed by atoms with Crippen LogP contribution in [0.3, 0.4) is 0 Å². The first-order valence-electron chi connectivity index (χ1n) is 6.61. The van der Waals surface area contributed by atoms with Crippen molar-refractivity contribution in [2.45, 2.75) is 19.3 Å². The summed E-state index contributed by atoms with van der Waals surface area (Å²) in [6.45, 7) is 1.18. The smallest absolute Gasteiger partial charge is 0.406 e. The Morgan fingerprint density at radius 1 is 1.14 bits per heavy atom. The molecule has 0 aliphatic carbocycles. The lowest BCUT2D eigenvalue weighted by molar-refractivity contribution is -0.274. The lowest BCUT2D eigenvalue weighted by Gasteiger charge is -2.18. The Morgan fingerprint density at radius 3 is 2.55 bits per heavy atom. The molecule has 116 valence electrons. The van der Waals surface area contributed by atoms with E-state index >= 15 is 0 Å². The van der Waals surface area contributed by atoms with Crippen molar-refractivity contribution in [2.75, 3.05) is 6.54 Å². The Hall–Kier alpha value is -2.35. The summed E-state index contributed by atoms with van der Waals surface area (Å²) >= 11 is 0. The van der Waals surface area contributed by atoms with Crippen LogP contribution in [0.25, 0.3) is 11.3 Å². The zero-order valence-corrected chi connectivity index (χ0v) is 11.3. The number of fused-ring (bicyclic) bond motifs is 1. The van der Waals surface area contributed by atoms with Crippen molar-refractivity contribution in [2.24, 2.45) is 0 Å². The van der Waals surface area contributed by atoms with Crippen LogP contribution >= 0.6 is 0 Å². The molecule has 0 amide bonds. The van der Waals surface area contributed by atoms with Gasteiger partial charge in [0.15, 0.2) is 0 Å². The van der Waals surface area contributed by atoms with E-state index in [4.69, 9.17) is 0 Å². The van der Waals surface area contributed by atoms with Gasteiger partial charge in [-0.1, -0.05) is 0 Å². The Morgan fingerprint density at radius 2 is 1.86 bits per heavy atom. The van der Waals surface area contributed by atoms with Gasteiger partial charge in [0, 0.05) is 17.7 Å². The number of benzene rings is 1. The van der Waals surface area contributed by atoms with Crippen LogP contribution in [0, 0.1) is 0 Å². The van der Waals surface area contributed by atoms with E-state index < -0.39 is 6.36 Å². The molecule has 1 aliphatic heterocycles. The van der Waals surface area contributed by atoms with E-state index in [0.717, 1.165) is 12.1 Å². The lowest BCUT2D eigenvalue weighted by atomic mass is 9.97. The Kier molecular flexibility index (Phi) is 3.61. The summed E-state index contributed by atoms with van der Waals surface area (Å²) in [4.78, 5) is 11.8. The third-order valence-electron chi connectivity index (χ3n) is 3.41. The Balaban J connectivity index is 1.97. The molecule has 1 aromatic heterocycles. The van der Waals surface area contributed by atoms with E-state index in [2.05, 4.69) is 20.3 Å². The number of H-pyrrole nitrogens is 1. The molecule has 0 saturated carbocycles. The van der Waals surface area contributed by atoms with Gasteiger partial charge in [-0.2, -0.15) is 5.10 Å². The van der Waals surface area contributed by atoms with Crippen LogP contribution in [0.2, 0.25) is 0 Å². The van der Waals surface area contributed by atoms with Gasteiger partial charge in [-0.25, -0.2) is 5.10 Å².